The second-order valence-electron chi connectivity index (χ2n) is 6.19. The van der Waals surface area contributed by atoms with Gasteiger partial charge in [0, 0.05) is 23.1 Å². The van der Waals surface area contributed by atoms with Gasteiger partial charge in [0.2, 0.25) is 10.0 Å². The first-order valence-electron chi connectivity index (χ1n) is 8.27. The summed E-state index contributed by atoms with van der Waals surface area (Å²) in [6.45, 7) is 0.857. The van der Waals surface area contributed by atoms with Gasteiger partial charge in [-0.15, -0.1) is 5.10 Å². The Bertz CT molecular complexity index is 1020. The summed E-state index contributed by atoms with van der Waals surface area (Å²) in [5.41, 5.74) is 1.78. The van der Waals surface area contributed by atoms with Crippen molar-refractivity contribution < 1.29 is 8.42 Å². The molecule has 1 atom stereocenters. The van der Waals surface area contributed by atoms with Gasteiger partial charge in [0.15, 0.2) is 0 Å². The van der Waals surface area contributed by atoms with Crippen LogP contribution in [0.1, 0.15) is 12.5 Å². The molecule has 1 aliphatic rings. The number of aromatic nitrogens is 3. The summed E-state index contributed by atoms with van der Waals surface area (Å²) in [5, 5.41) is 8.45. The van der Waals surface area contributed by atoms with Crippen LogP contribution in [0.5, 0.6) is 0 Å². The van der Waals surface area contributed by atoms with Crippen molar-refractivity contribution in [3.63, 3.8) is 0 Å². The molecular weight excluding hydrogens is 416 g/mol. The number of rotatable bonds is 4. The smallest absolute Gasteiger partial charge is 0.244 e. The molecule has 2 heterocycles. The number of sulfonamides is 1. The van der Waals surface area contributed by atoms with Crippen molar-refractivity contribution >= 4 is 26.0 Å². The first kappa shape index (κ1) is 17.4. The highest BCUT2D eigenvalue weighted by atomic mass is 79.9. The van der Waals surface area contributed by atoms with Crippen LogP contribution in [0.25, 0.3) is 11.3 Å². The Morgan fingerprint density at radius 1 is 1.04 bits per heavy atom. The lowest BCUT2D eigenvalue weighted by Gasteiger charge is -2.17. The van der Waals surface area contributed by atoms with Crippen molar-refractivity contribution in [2.24, 2.45) is 0 Å². The van der Waals surface area contributed by atoms with Gasteiger partial charge in [-0.1, -0.05) is 47.7 Å². The molecule has 3 aromatic rings. The van der Waals surface area contributed by atoms with Crippen LogP contribution in [0.4, 0.5) is 0 Å². The van der Waals surface area contributed by atoms with Crippen LogP contribution in [-0.2, 0) is 10.0 Å². The average Bonchev–Trinajstić information content (AvgIpc) is 3.32. The Kier molecular flexibility index (Phi) is 4.64. The zero-order chi connectivity index (χ0) is 18.1. The predicted octanol–water partition coefficient (Wildman–Crippen LogP) is 3.34. The van der Waals surface area contributed by atoms with Crippen molar-refractivity contribution in [2.45, 2.75) is 17.4 Å². The Morgan fingerprint density at radius 3 is 2.54 bits per heavy atom. The van der Waals surface area contributed by atoms with Gasteiger partial charge in [-0.2, -0.15) is 4.31 Å². The standard InChI is InChI=1S/C18H17BrN4O2S/c19-16-8-4-5-9-18(16)26(24,25)22-11-10-15(12-22)23-13-17(20-21-23)14-6-2-1-3-7-14/h1-9,13,15H,10-12H2/t15-/m1/s1. The highest BCUT2D eigenvalue weighted by Crippen LogP contribution is 2.30. The van der Waals surface area contributed by atoms with Crippen molar-refractivity contribution in [3.05, 3.63) is 65.3 Å². The maximum absolute atomic E-state index is 12.9. The number of benzene rings is 2. The third-order valence-electron chi connectivity index (χ3n) is 4.53. The molecule has 4 rings (SSSR count). The van der Waals surface area contributed by atoms with Crippen LogP contribution in [-0.4, -0.2) is 40.8 Å². The molecule has 8 heteroatoms. The Hall–Kier alpha value is -2.03. The normalized spacial score (nSPS) is 18.3. The third-order valence-corrected chi connectivity index (χ3v) is 7.41. The first-order valence-corrected chi connectivity index (χ1v) is 10.5. The molecule has 0 bridgehead atoms. The minimum Gasteiger partial charge on any atom is -0.247 e. The summed E-state index contributed by atoms with van der Waals surface area (Å²) in [7, 11) is -3.53. The minimum atomic E-state index is -3.53. The lowest BCUT2D eigenvalue weighted by Crippen LogP contribution is -2.29. The van der Waals surface area contributed by atoms with Gasteiger partial charge in [0.05, 0.1) is 17.1 Å². The average molecular weight is 433 g/mol. The minimum absolute atomic E-state index is 0.0165. The number of hydrogen-bond acceptors (Lipinski definition) is 4. The van der Waals surface area contributed by atoms with E-state index in [9.17, 15) is 8.42 Å². The number of nitrogens with zero attached hydrogens (tertiary/aromatic N) is 4. The Morgan fingerprint density at radius 2 is 1.77 bits per heavy atom. The van der Waals surface area contributed by atoms with Gasteiger partial charge < -0.3 is 0 Å². The summed E-state index contributed by atoms with van der Waals surface area (Å²) in [5.74, 6) is 0. The SMILES string of the molecule is O=S(=O)(c1ccccc1Br)N1CC[C@@H](n2cc(-c3ccccc3)nn2)C1. The highest BCUT2D eigenvalue weighted by Gasteiger charge is 2.34. The number of halogens is 1. The van der Waals surface area contributed by atoms with E-state index in [1.54, 1.807) is 28.9 Å². The maximum Gasteiger partial charge on any atom is 0.244 e. The van der Waals surface area contributed by atoms with Crippen molar-refractivity contribution in [2.75, 3.05) is 13.1 Å². The van der Waals surface area contributed by atoms with E-state index in [-0.39, 0.29) is 6.04 Å². The van der Waals surface area contributed by atoms with Gasteiger partial charge in [0.25, 0.3) is 0 Å². The van der Waals surface area contributed by atoms with E-state index in [1.165, 1.54) is 4.31 Å². The fourth-order valence-electron chi connectivity index (χ4n) is 3.13. The molecular formula is C18H17BrN4O2S. The van der Waals surface area contributed by atoms with E-state index in [0.717, 1.165) is 11.3 Å². The van der Waals surface area contributed by atoms with Gasteiger partial charge in [-0.05, 0) is 34.5 Å². The summed E-state index contributed by atoms with van der Waals surface area (Å²) >= 11 is 3.34. The van der Waals surface area contributed by atoms with Gasteiger partial charge in [-0.3, -0.25) is 0 Å². The first-order chi connectivity index (χ1) is 12.6. The van der Waals surface area contributed by atoms with Gasteiger partial charge in [0.1, 0.15) is 5.69 Å². The second kappa shape index (κ2) is 6.94. The summed E-state index contributed by atoms with van der Waals surface area (Å²) < 4.78 is 29.7. The third kappa shape index (κ3) is 3.20. The summed E-state index contributed by atoms with van der Waals surface area (Å²) in [6, 6.07) is 16.7. The van der Waals surface area contributed by atoms with E-state index >= 15 is 0 Å². The van der Waals surface area contributed by atoms with Crippen LogP contribution >= 0.6 is 15.9 Å². The fourth-order valence-corrected chi connectivity index (χ4v) is 5.59. The highest BCUT2D eigenvalue weighted by molar-refractivity contribution is 9.10. The molecule has 0 unspecified atom stereocenters. The largest absolute Gasteiger partial charge is 0.247 e. The van der Waals surface area contributed by atoms with Crippen LogP contribution in [0, 0.1) is 0 Å². The fraction of sp³-hybridized carbons (Fsp3) is 0.222. The predicted molar refractivity (Wildman–Crippen MR) is 102 cm³/mol. The molecule has 1 saturated heterocycles. The van der Waals surface area contributed by atoms with E-state index in [2.05, 4.69) is 26.2 Å². The molecule has 0 N–H and O–H groups in total. The molecule has 0 spiro atoms. The lowest BCUT2D eigenvalue weighted by molar-refractivity contribution is 0.428. The van der Waals surface area contributed by atoms with Gasteiger partial charge >= 0.3 is 0 Å². The Balaban J connectivity index is 1.54. The van der Waals surface area contributed by atoms with E-state index < -0.39 is 10.0 Å². The second-order valence-corrected chi connectivity index (χ2v) is 8.95. The molecule has 0 radical (unpaired) electrons. The van der Waals surface area contributed by atoms with E-state index in [4.69, 9.17) is 0 Å². The zero-order valence-corrected chi connectivity index (χ0v) is 16.3. The topological polar surface area (TPSA) is 68.1 Å². The van der Waals surface area contributed by atoms with Crippen LogP contribution in [0.15, 0.2) is 70.2 Å². The maximum atomic E-state index is 12.9. The quantitative estimate of drug-likeness (QED) is 0.633. The Labute approximate surface area is 160 Å². The molecule has 1 fully saturated rings. The lowest BCUT2D eigenvalue weighted by atomic mass is 10.2. The van der Waals surface area contributed by atoms with Crippen LogP contribution in [0.2, 0.25) is 0 Å². The van der Waals surface area contributed by atoms with E-state index in [1.807, 2.05) is 36.5 Å². The van der Waals surface area contributed by atoms with Crippen molar-refractivity contribution in [1.29, 1.82) is 0 Å². The van der Waals surface area contributed by atoms with Crippen molar-refractivity contribution in [1.82, 2.24) is 19.3 Å². The summed E-state index contributed by atoms with van der Waals surface area (Å²) in [6.07, 6.45) is 2.59. The number of hydrogen-bond donors (Lipinski definition) is 0. The monoisotopic (exact) mass is 432 g/mol. The van der Waals surface area contributed by atoms with Crippen molar-refractivity contribution in [3.8, 4) is 11.3 Å². The van der Waals surface area contributed by atoms with Gasteiger partial charge in [-0.25, -0.2) is 13.1 Å². The molecule has 1 aromatic heterocycles. The molecule has 0 saturated carbocycles. The molecule has 0 aliphatic carbocycles. The summed E-state index contributed by atoms with van der Waals surface area (Å²) in [4.78, 5) is 0.296. The molecule has 2 aromatic carbocycles. The molecule has 6 nitrogen and oxygen atoms in total. The molecule has 1 aliphatic heterocycles. The van der Waals surface area contributed by atoms with Crippen LogP contribution in [0.3, 0.4) is 0 Å². The van der Waals surface area contributed by atoms with Crippen LogP contribution < -0.4 is 0 Å². The molecule has 134 valence electrons. The molecule has 0 amide bonds. The zero-order valence-electron chi connectivity index (χ0n) is 13.9. The van der Waals surface area contributed by atoms with E-state index in [0.29, 0.717) is 28.9 Å². The molecule has 26 heavy (non-hydrogen) atoms.